The third-order valence-corrected chi connectivity index (χ3v) is 4.71. The Morgan fingerprint density at radius 1 is 1.48 bits per heavy atom. The first-order valence-corrected chi connectivity index (χ1v) is 7.89. The maximum Gasteiger partial charge on any atom is 0.248 e. The Hall–Kier alpha value is -1.51. The number of likely N-dealkylation sites (N-methyl/N-ethyl adjacent to an activating group) is 1. The van der Waals surface area contributed by atoms with E-state index < -0.39 is 21.9 Å². The molecule has 116 valence electrons. The Balaban J connectivity index is 2.01. The van der Waals surface area contributed by atoms with Crippen molar-refractivity contribution in [1.29, 1.82) is 0 Å². The molecular weight excluding hydrogens is 299 g/mol. The van der Waals surface area contributed by atoms with Crippen molar-refractivity contribution in [3.05, 3.63) is 29.6 Å². The number of amides is 1. The monoisotopic (exact) mass is 316 g/mol. The highest BCUT2D eigenvalue weighted by Crippen LogP contribution is 2.14. The Bertz CT molecular complexity index is 648. The van der Waals surface area contributed by atoms with Crippen molar-refractivity contribution >= 4 is 15.9 Å². The van der Waals surface area contributed by atoms with Crippen LogP contribution in [-0.4, -0.2) is 52.1 Å². The molecule has 1 N–H and O–H groups in total. The zero-order valence-corrected chi connectivity index (χ0v) is 12.6. The molecule has 1 fully saturated rings. The summed E-state index contributed by atoms with van der Waals surface area (Å²) in [5.41, 5.74) is 0.261. The van der Waals surface area contributed by atoms with E-state index in [9.17, 15) is 17.6 Å². The first kappa shape index (κ1) is 15.9. The summed E-state index contributed by atoms with van der Waals surface area (Å²) in [6, 6.07) is 3.60. The number of morpholine rings is 1. The summed E-state index contributed by atoms with van der Waals surface area (Å²) in [7, 11) is -2.10. The van der Waals surface area contributed by atoms with Crippen LogP contribution < -0.4 is 4.72 Å². The second-order valence-electron chi connectivity index (χ2n) is 4.97. The lowest BCUT2D eigenvalue weighted by Gasteiger charge is -2.29. The van der Waals surface area contributed by atoms with Gasteiger partial charge in [-0.2, -0.15) is 0 Å². The number of nitrogens with zero attached hydrogens (tertiary/aromatic N) is 1. The van der Waals surface area contributed by atoms with Gasteiger partial charge in [0.05, 0.1) is 11.0 Å². The van der Waals surface area contributed by atoms with E-state index in [0.717, 1.165) is 6.07 Å². The van der Waals surface area contributed by atoms with Crippen LogP contribution in [0.1, 0.15) is 5.56 Å². The fourth-order valence-corrected chi connectivity index (χ4v) is 3.10. The van der Waals surface area contributed by atoms with Crippen LogP contribution in [-0.2, 0) is 19.6 Å². The van der Waals surface area contributed by atoms with Crippen LogP contribution in [0.2, 0.25) is 0 Å². The lowest BCUT2D eigenvalue weighted by Crippen LogP contribution is -2.48. The lowest BCUT2D eigenvalue weighted by atomic mass is 10.2. The van der Waals surface area contributed by atoms with Crippen LogP contribution in [0.3, 0.4) is 0 Å². The summed E-state index contributed by atoms with van der Waals surface area (Å²) >= 11 is 0. The molecule has 1 aliphatic heterocycles. The normalized spacial score (nSPS) is 19.9. The molecule has 1 atom stereocenters. The molecule has 1 aliphatic rings. The minimum absolute atomic E-state index is 0.00152. The highest BCUT2D eigenvalue weighted by Gasteiger charge is 2.25. The quantitative estimate of drug-likeness (QED) is 0.865. The molecule has 0 saturated carbocycles. The fraction of sp³-hybridized carbons (Fsp3) is 0.462. The highest BCUT2D eigenvalue weighted by atomic mass is 32.2. The average molecular weight is 316 g/mol. The van der Waals surface area contributed by atoms with Crippen LogP contribution in [0.25, 0.3) is 0 Å². The van der Waals surface area contributed by atoms with Gasteiger partial charge in [0.15, 0.2) is 0 Å². The van der Waals surface area contributed by atoms with Crippen molar-refractivity contribution < 1.29 is 22.3 Å². The van der Waals surface area contributed by atoms with Gasteiger partial charge in [-0.15, -0.1) is 0 Å². The Kier molecular flexibility index (Phi) is 4.60. The molecule has 1 amide bonds. The lowest BCUT2D eigenvalue weighted by molar-refractivity contribution is -0.146. The summed E-state index contributed by atoms with van der Waals surface area (Å²) in [6.45, 7) is 1.82. The number of ether oxygens (including phenoxy) is 1. The molecule has 0 radical (unpaired) electrons. The largest absolute Gasteiger partial charge is 0.365 e. The molecule has 0 aliphatic carbocycles. The van der Waals surface area contributed by atoms with Crippen molar-refractivity contribution in [2.45, 2.75) is 17.9 Å². The molecule has 2 rings (SSSR count). The van der Waals surface area contributed by atoms with E-state index in [1.807, 2.05) is 0 Å². The second kappa shape index (κ2) is 6.08. The standard InChI is InChI=1S/C13H17FN2O4S/c1-9-5-11(3-4-12(9)14)21(18,19)15-6-10-7-16(2)13(17)8-20-10/h3-5,10,15H,6-8H2,1-2H3. The van der Waals surface area contributed by atoms with E-state index in [1.165, 1.54) is 24.0 Å². The summed E-state index contributed by atoms with van der Waals surface area (Å²) < 4.78 is 45.1. The Labute approximate surface area is 122 Å². The van der Waals surface area contributed by atoms with Gasteiger partial charge in [-0.25, -0.2) is 17.5 Å². The number of hydrogen-bond acceptors (Lipinski definition) is 4. The molecule has 1 saturated heterocycles. The number of halogens is 1. The van der Waals surface area contributed by atoms with E-state index in [4.69, 9.17) is 4.74 Å². The van der Waals surface area contributed by atoms with E-state index in [1.54, 1.807) is 7.05 Å². The smallest absolute Gasteiger partial charge is 0.248 e. The van der Waals surface area contributed by atoms with Gasteiger partial charge in [0.1, 0.15) is 12.4 Å². The van der Waals surface area contributed by atoms with Gasteiger partial charge in [-0.05, 0) is 30.7 Å². The number of nitrogens with one attached hydrogen (secondary N) is 1. The zero-order valence-electron chi connectivity index (χ0n) is 11.8. The van der Waals surface area contributed by atoms with E-state index in [-0.39, 0.29) is 29.5 Å². The molecule has 1 heterocycles. The number of benzene rings is 1. The van der Waals surface area contributed by atoms with Crippen molar-refractivity contribution in [3.8, 4) is 0 Å². The van der Waals surface area contributed by atoms with Gasteiger partial charge in [0.25, 0.3) is 0 Å². The Morgan fingerprint density at radius 3 is 2.81 bits per heavy atom. The van der Waals surface area contributed by atoms with Gasteiger partial charge in [0, 0.05) is 20.1 Å². The van der Waals surface area contributed by atoms with Gasteiger partial charge in [0.2, 0.25) is 15.9 Å². The molecule has 1 aromatic carbocycles. The summed E-state index contributed by atoms with van der Waals surface area (Å²) in [6.07, 6.45) is -0.399. The maximum absolute atomic E-state index is 13.2. The van der Waals surface area contributed by atoms with E-state index >= 15 is 0 Å². The second-order valence-corrected chi connectivity index (χ2v) is 6.74. The predicted octanol–water partition coefficient (Wildman–Crippen LogP) is 0.270. The molecule has 8 heteroatoms. The summed E-state index contributed by atoms with van der Waals surface area (Å²) in [5, 5.41) is 0. The number of carbonyl (C=O) groups excluding carboxylic acids is 1. The molecule has 0 aromatic heterocycles. The van der Waals surface area contributed by atoms with Crippen molar-refractivity contribution in [3.63, 3.8) is 0 Å². The maximum atomic E-state index is 13.2. The number of sulfonamides is 1. The third-order valence-electron chi connectivity index (χ3n) is 3.29. The minimum atomic E-state index is -3.73. The number of carbonyl (C=O) groups is 1. The van der Waals surface area contributed by atoms with Crippen LogP contribution in [0.5, 0.6) is 0 Å². The number of rotatable bonds is 4. The van der Waals surface area contributed by atoms with Gasteiger partial charge in [-0.1, -0.05) is 0 Å². The van der Waals surface area contributed by atoms with Crippen molar-refractivity contribution in [2.75, 3.05) is 26.7 Å². The molecule has 0 spiro atoms. The van der Waals surface area contributed by atoms with E-state index in [0.29, 0.717) is 6.54 Å². The average Bonchev–Trinajstić information content (AvgIpc) is 2.43. The topological polar surface area (TPSA) is 75.7 Å². The van der Waals surface area contributed by atoms with Crippen molar-refractivity contribution in [1.82, 2.24) is 9.62 Å². The fourth-order valence-electron chi connectivity index (χ4n) is 1.95. The molecule has 1 aromatic rings. The molecule has 21 heavy (non-hydrogen) atoms. The van der Waals surface area contributed by atoms with Crippen molar-refractivity contribution in [2.24, 2.45) is 0 Å². The van der Waals surface area contributed by atoms with Crippen LogP contribution in [0.4, 0.5) is 4.39 Å². The first-order chi connectivity index (χ1) is 9.79. The predicted molar refractivity (Wildman–Crippen MR) is 73.7 cm³/mol. The van der Waals surface area contributed by atoms with Crippen LogP contribution in [0, 0.1) is 12.7 Å². The molecular formula is C13H17FN2O4S. The highest BCUT2D eigenvalue weighted by molar-refractivity contribution is 7.89. The van der Waals surface area contributed by atoms with E-state index in [2.05, 4.69) is 4.72 Å². The van der Waals surface area contributed by atoms with Crippen LogP contribution >= 0.6 is 0 Å². The van der Waals surface area contributed by atoms with Crippen LogP contribution in [0.15, 0.2) is 23.1 Å². The molecule has 0 bridgehead atoms. The van der Waals surface area contributed by atoms with Gasteiger partial charge in [-0.3, -0.25) is 4.79 Å². The SMILES string of the molecule is Cc1cc(S(=O)(=O)NCC2CN(C)C(=O)CO2)ccc1F. The van der Waals surface area contributed by atoms with Gasteiger partial charge >= 0.3 is 0 Å². The summed E-state index contributed by atoms with van der Waals surface area (Å²) in [4.78, 5) is 12.8. The number of aryl methyl sites for hydroxylation is 1. The Morgan fingerprint density at radius 2 is 2.19 bits per heavy atom. The third kappa shape index (κ3) is 3.78. The minimum Gasteiger partial charge on any atom is -0.365 e. The first-order valence-electron chi connectivity index (χ1n) is 6.41. The summed E-state index contributed by atoms with van der Waals surface area (Å²) in [5.74, 6) is -0.590. The van der Waals surface area contributed by atoms with Gasteiger partial charge < -0.3 is 9.64 Å². The number of hydrogen-bond donors (Lipinski definition) is 1. The molecule has 6 nitrogen and oxygen atoms in total. The molecule has 1 unspecified atom stereocenters. The zero-order chi connectivity index (χ0) is 15.6.